The van der Waals surface area contributed by atoms with Crippen molar-refractivity contribution in [1.29, 1.82) is 0 Å². The van der Waals surface area contributed by atoms with Crippen molar-refractivity contribution in [3.05, 3.63) is 53.6 Å². The van der Waals surface area contributed by atoms with Crippen molar-refractivity contribution >= 4 is 21.6 Å². The molecule has 2 aromatic carbocycles. The quantitative estimate of drug-likeness (QED) is 0.790. The summed E-state index contributed by atoms with van der Waals surface area (Å²) >= 11 is 0. The van der Waals surface area contributed by atoms with Crippen LogP contribution >= 0.6 is 0 Å². The molecule has 0 radical (unpaired) electrons. The second-order valence-electron chi connectivity index (χ2n) is 5.63. The highest BCUT2D eigenvalue weighted by Crippen LogP contribution is 2.27. The number of carbonyl (C=O) groups excluding carboxylic acids is 1. The summed E-state index contributed by atoms with van der Waals surface area (Å²) in [5.41, 5.74) is 2.59. The fourth-order valence-electron chi connectivity index (χ4n) is 2.37. The molecule has 0 bridgehead atoms. The van der Waals surface area contributed by atoms with E-state index in [-0.39, 0.29) is 22.9 Å². The second-order valence-corrected chi connectivity index (χ2v) is 7.19. The van der Waals surface area contributed by atoms with Crippen molar-refractivity contribution in [2.45, 2.75) is 31.1 Å². The lowest BCUT2D eigenvalue weighted by Crippen LogP contribution is -2.15. The molecular formula is C18H22N2O4S. The number of carbonyl (C=O) groups is 1. The van der Waals surface area contributed by atoms with Gasteiger partial charge in [0.15, 0.2) is 0 Å². The molecule has 0 aliphatic heterocycles. The van der Waals surface area contributed by atoms with Crippen LogP contribution in [0.5, 0.6) is 5.75 Å². The van der Waals surface area contributed by atoms with Gasteiger partial charge in [-0.2, -0.15) is 0 Å². The molecular weight excluding hydrogens is 340 g/mol. The Morgan fingerprint density at radius 3 is 2.32 bits per heavy atom. The zero-order chi connectivity index (χ0) is 18.4. The van der Waals surface area contributed by atoms with Gasteiger partial charge in [-0.3, -0.25) is 4.79 Å². The molecule has 0 aromatic heterocycles. The average Bonchev–Trinajstić information content (AvgIpc) is 2.59. The molecule has 0 atom stereocenters. The first-order valence-corrected chi connectivity index (χ1v) is 9.46. The van der Waals surface area contributed by atoms with E-state index in [1.54, 1.807) is 0 Å². The molecule has 7 heteroatoms. The van der Waals surface area contributed by atoms with Crippen LogP contribution in [0.15, 0.2) is 47.4 Å². The van der Waals surface area contributed by atoms with Gasteiger partial charge in [0.2, 0.25) is 15.9 Å². The predicted molar refractivity (Wildman–Crippen MR) is 97.1 cm³/mol. The summed E-state index contributed by atoms with van der Waals surface area (Å²) in [5.74, 6) is 0.137. The topological polar surface area (TPSA) is 98.5 Å². The Hall–Kier alpha value is -2.38. The summed E-state index contributed by atoms with van der Waals surface area (Å²) in [4.78, 5) is 12.1. The molecule has 134 valence electrons. The maximum Gasteiger partial charge on any atom is 0.238 e. The third kappa shape index (κ3) is 5.30. The number of aryl methyl sites for hydroxylation is 2. The van der Waals surface area contributed by atoms with Crippen molar-refractivity contribution in [2.24, 2.45) is 5.14 Å². The lowest BCUT2D eigenvalue weighted by Gasteiger charge is -2.11. The number of hydrogen-bond donors (Lipinski definition) is 2. The maximum absolute atomic E-state index is 12.2. The molecule has 1 amide bonds. The van der Waals surface area contributed by atoms with Crippen LogP contribution in [0.2, 0.25) is 0 Å². The first-order chi connectivity index (χ1) is 11.8. The lowest BCUT2D eigenvalue weighted by molar-refractivity contribution is -0.116. The molecule has 3 N–H and O–H groups in total. The summed E-state index contributed by atoms with van der Waals surface area (Å²) in [5, 5.41) is 7.81. The highest BCUT2D eigenvalue weighted by atomic mass is 32.2. The van der Waals surface area contributed by atoms with E-state index in [0.29, 0.717) is 12.2 Å². The number of nitrogens with two attached hydrogens (primary N) is 1. The molecule has 6 nitrogen and oxygen atoms in total. The molecule has 2 rings (SSSR count). The van der Waals surface area contributed by atoms with Gasteiger partial charge in [-0.25, -0.2) is 13.6 Å². The van der Waals surface area contributed by atoms with Crippen LogP contribution in [0.4, 0.5) is 5.69 Å². The monoisotopic (exact) mass is 362 g/mol. The van der Waals surface area contributed by atoms with E-state index in [1.807, 2.05) is 24.3 Å². The largest absolute Gasteiger partial charge is 0.495 e. The highest BCUT2D eigenvalue weighted by Gasteiger charge is 2.14. The molecule has 2 aromatic rings. The molecule has 0 aliphatic rings. The molecule has 0 fully saturated rings. The van der Waals surface area contributed by atoms with Crippen molar-refractivity contribution < 1.29 is 17.9 Å². The van der Waals surface area contributed by atoms with Gasteiger partial charge in [0.05, 0.1) is 17.7 Å². The molecule has 0 heterocycles. The predicted octanol–water partition coefficient (Wildman–Crippen LogP) is 2.48. The van der Waals surface area contributed by atoms with Crippen molar-refractivity contribution in [3.63, 3.8) is 0 Å². The number of nitrogens with one attached hydrogen (secondary N) is 1. The Balaban J connectivity index is 2.06. The van der Waals surface area contributed by atoms with E-state index in [9.17, 15) is 13.2 Å². The van der Waals surface area contributed by atoms with Crippen molar-refractivity contribution in [2.75, 3.05) is 12.4 Å². The van der Waals surface area contributed by atoms with Crippen molar-refractivity contribution in [3.8, 4) is 5.75 Å². The summed E-state index contributed by atoms with van der Waals surface area (Å²) in [6, 6.07) is 12.2. The smallest absolute Gasteiger partial charge is 0.238 e. The molecule has 0 saturated heterocycles. The average molecular weight is 362 g/mol. The molecule has 0 unspecified atom stereocenters. The van der Waals surface area contributed by atoms with E-state index in [4.69, 9.17) is 9.88 Å². The number of methoxy groups -OCH3 is 1. The van der Waals surface area contributed by atoms with Gasteiger partial charge in [0.1, 0.15) is 5.75 Å². The number of anilines is 1. The van der Waals surface area contributed by atoms with Crippen LogP contribution in [0, 0.1) is 0 Å². The van der Waals surface area contributed by atoms with Crippen LogP contribution < -0.4 is 15.2 Å². The van der Waals surface area contributed by atoms with Gasteiger partial charge >= 0.3 is 0 Å². The fourth-order valence-corrected chi connectivity index (χ4v) is 2.91. The normalized spacial score (nSPS) is 11.2. The molecule has 0 saturated carbocycles. The summed E-state index contributed by atoms with van der Waals surface area (Å²) in [6.07, 6.45) is 1.84. The molecule has 25 heavy (non-hydrogen) atoms. The summed E-state index contributed by atoms with van der Waals surface area (Å²) in [6.45, 7) is 2.09. The number of amides is 1. The Morgan fingerprint density at radius 1 is 1.12 bits per heavy atom. The van der Waals surface area contributed by atoms with E-state index >= 15 is 0 Å². The van der Waals surface area contributed by atoms with E-state index in [0.717, 1.165) is 12.0 Å². The summed E-state index contributed by atoms with van der Waals surface area (Å²) < 4.78 is 28.1. The number of sulfonamides is 1. The van der Waals surface area contributed by atoms with Gasteiger partial charge in [-0.1, -0.05) is 31.2 Å². The number of ether oxygens (including phenoxy) is 1. The summed E-state index contributed by atoms with van der Waals surface area (Å²) in [7, 11) is -2.41. The minimum absolute atomic E-state index is 0.0845. The maximum atomic E-state index is 12.2. The third-order valence-corrected chi connectivity index (χ3v) is 4.76. The molecule has 0 aliphatic carbocycles. The Kier molecular flexibility index (Phi) is 6.17. The third-order valence-electron chi connectivity index (χ3n) is 3.85. The van der Waals surface area contributed by atoms with Gasteiger partial charge in [0.25, 0.3) is 0 Å². The fraction of sp³-hybridized carbons (Fsp3) is 0.278. The van der Waals surface area contributed by atoms with Crippen LogP contribution in [0.25, 0.3) is 0 Å². The number of rotatable bonds is 7. The highest BCUT2D eigenvalue weighted by molar-refractivity contribution is 7.89. The standard InChI is InChI=1S/C18H22N2O4S/c1-3-13-4-6-14(7-5-13)8-11-18(21)20-16-12-15(25(19,22)23)9-10-17(16)24-2/h4-7,9-10,12H,3,8,11H2,1-2H3,(H,20,21)(H2,19,22,23). The van der Waals surface area contributed by atoms with Gasteiger partial charge < -0.3 is 10.1 Å². The number of primary sulfonamides is 1. The number of benzene rings is 2. The van der Waals surface area contributed by atoms with Gasteiger partial charge in [-0.05, 0) is 42.2 Å². The van der Waals surface area contributed by atoms with Gasteiger partial charge in [0, 0.05) is 6.42 Å². The lowest BCUT2D eigenvalue weighted by atomic mass is 10.1. The minimum atomic E-state index is -3.85. The SMILES string of the molecule is CCc1ccc(CCC(=O)Nc2cc(S(N)(=O)=O)ccc2OC)cc1. The Morgan fingerprint density at radius 2 is 1.76 bits per heavy atom. The van der Waals surface area contributed by atoms with Crippen LogP contribution in [-0.2, 0) is 27.7 Å². The first-order valence-electron chi connectivity index (χ1n) is 7.92. The zero-order valence-electron chi connectivity index (χ0n) is 14.3. The van der Waals surface area contributed by atoms with Crippen LogP contribution in [0.1, 0.15) is 24.5 Å². The first kappa shape index (κ1) is 19.0. The van der Waals surface area contributed by atoms with E-state index in [2.05, 4.69) is 12.2 Å². The molecule has 0 spiro atoms. The number of hydrogen-bond acceptors (Lipinski definition) is 4. The van der Waals surface area contributed by atoms with Crippen molar-refractivity contribution in [1.82, 2.24) is 0 Å². The van der Waals surface area contributed by atoms with Gasteiger partial charge in [-0.15, -0.1) is 0 Å². The second kappa shape index (κ2) is 8.13. The zero-order valence-corrected chi connectivity index (χ0v) is 15.1. The van der Waals surface area contributed by atoms with Crippen LogP contribution in [-0.4, -0.2) is 21.4 Å². The Bertz CT molecular complexity index is 846. The van der Waals surface area contributed by atoms with E-state index < -0.39 is 10.0 Å². The van der Waals surface area contributed by atoms with Crippen LogP contribution in [0.3, 0.4) is 0 Å². The minimum Gasteiger partial charge on any atom is -0.495 e. The Labute approximate surface area is 148 Å². The van der Waals surface area contributed by atoms with E-state index in [1.165, 1.54) is 30.9 Å².